The third-order valence-corrected chi connectivity index (χ3v) is 4.44. The van der Waals surface area contributed by atoms with Crippen LogP contribution in [-0.4, -0.2) is 51.9 Å². The number of aromatic nitrogens is 3. The van der Waals surface area contributed by atoms with E-state index in [-0.39, 0.29) is 5.91 Å². The summed E-state index contributed by atoms with van der Waals surface area (Å²) in [6, 6.07) is 11.2. The molecule has 7 nitrogen and oxygen atoms in total. The van der Waals surface area contributed by atoms with Crippen LogP contribution in [0.2, 0.25) is 0 Å². The first kappa shape index (κ1) is 15.1. The van der Waals surface area contributed by atoms with Crippen LogP contribution in [-0.2, 0) is 0 Å². The molecule has 1 aliphatic rings. The Bertz CT molecular complexity index is 948. The summed E-state index contributed by atoms with van der Waals surface area (Å²) >= 11 is 0. The molecule has 1 fully saturated rings. The highest BCUT2D eigenvalue weighted by molar-refractivity contribution is 5.97. The normalized spacial score (nSPS) is 14.5. The van der Waals surface area contributed by atoms with Crippen molar-refractivity contribution in [2.75, 3.05) is 31.1 Å². The molecule has 0 spiro atoms. The lowest BCUT2D eigenvalue weighted by Gasteiger charge is -2.35. The molecule has 1 N–H and O–H groups in total. The Balaban J connectivity index is 1.43. The van der Waals surface area contributed by atoms with E-state index < -0.39 is 0 Å². The quantitative estimate of drug-likeness (QED) is 0.773. The largest absolute Gasteiger partial charge is 0.353 e. The minimum atomic E-state index is 0.0314. The van der Waals surface area contributed by atoms with Crippen LogP contribution < -0.4 is 4.90 Å². The molecule has 0 radical (unpaired) electrons. The van der Waals surface area contributed by atoms with E-state index in [0.29, 0.717) is 24.2 Å². The van der Waals surface area contributed by atoms with Gasteiger partial charge in [-0.15, -0.1) is 0 Å². The summed E-state index contributed by atoms with van der Waals surface area (Å²) in [5.74, 6) is 0.869. The zero-order valence-corrected chi connectivity index (χ0v) is 13.5. The van der Waals surface area contributed by atoms with Gasteiger partial charge in [0.1, 0.15) is 11.9 Å². The molecule has 1 saturated heterocycles. The number of hydrogen-bond acceptors (Lipinski definition) is 5. The number of rotatable bonds is 2. The lowest BCUT2D eigenvalue weighted by atomic mass is 10.1. The van der Waals surface area contributed by atoms with Gasteiger partial charge in [0.15, 0.2) is 0 Å². The number of nitriles is 1. The molecule has 3 heterocycles. The molecule has 0 unspecified atom stereocenters. The predicted octanol–water partition coefficient (Wildman–Crippen LogP) is 1.79. The van der Waals surface area contributed by atoms with Crippen molar-refractivity contribution in [3.05, 3.63) is 54.0 Å². The van der Waals surface area contributed by atoms with Gasteiger partial charge in [-0.05, 0) is 30.3 Å². The van der Waals surface area contributed by atoms with E-state index in [4.69, 9.17) is 5.26 Å². The Labute approximate surface area is 144 Å². The zero-order chi connectivity index (χ0) is 17.2. The average molecular weight is 332 g/mol. The molecule has 0 aliphatic carbocycles. The van der Waals surface area contributed by atoms with Crippen LogP contribution in [0.15, 0.2) is 42.9 Å². The summed E-state index contributed by atoms with van der Waals surface area (Å²) in [5.41, 5.74) is 2.94. The molecular formula is C18H16N6O. The molecule has 1 amide bonds. The molecule has 0 atom stereocenters. The van der Waals surface area contributed by atoms with Crippen molar-refractivity contribution in [2.24, 2.45) is 0 Å². The van der Waals surface area contributed by atoms with Crippen molar-refractivity contribution in [3.8, 4) is 6.07 Å². The first-order valence-corrected chi connectivity index (χ1v) is 8.08. The van der Waals surface area contributed by atoms with Crippen molar-refractivity contribution < 1.29 is 4.79 Å². The Morgan fingerprint density at radius 2 is 1.96 bits per heavy atom. The van der Waals surface area contributed by atoms with Crippen LogP contribution in [0.3, 0.4) is 0 Å². The monoisotopic (exact) mass is 332 g/mol. The smallest absolute Gasteiger partial charge is 0.254 e. The minimum absolute atomic E-state index is 0.0314. The first-order valence-electron chi connectivity index (χ1n) is 8.08. The molecule has 0 saturated carbocycles. The molecule has 4 rings (SSSR count). The summed E-state index contributed by atoms with van der Waals surface area (Å²) in [6.07, 6.45) is 3.20. The molecule has 25 heavy (non-hydrogen) atoms. The zero-order valence-electron chi connectivity index (χ0n) is 13.5. The second-order valence-electron chi connectivity index (χ2n) is 5.93. The van der Waals surface area contributed by atoms with Crippen LogP contribution in [0, 0.1) is 11.3 Å². The predicted molar refractivity (Wildman–Crippen MR) is 93.2 cm³/mol. The standard InChI is InChI=1S/C18H16N6O/c19-10-13-1-4-17(20-11-13)23-5-7-24(8-6-23)18(25)14-2-3-15-16(9-14)22-12-21-15/h1-4,9,11-12H,5-8H2,(H,21,22). The van der Waals surface area contributed by atoms with Gasteiger partial charge in [-0.3, -0.25) is 4.79 Å². The van der Waals surface area contributed by atoms with Crippen molar-refractivity contribution >= 4 is 22.8 Å². The van der Waals surface area contributed by atoms with Gasteiger partial charge in [0, 0.05) is 37.9 Å². The number of nitrogens with zero attached hydrogens (tertiary/aromatic N) is 5. The number of pyridine rings is 1. The van der Waals surface area contributed by atoms with Gasteiger partial charge >= 0.3 is 0 Å². The molecule has 3 aromatic rings. The van der Waals surface area contributed by atoms with E-state index in [9.17, 15) is 4.79 Å². The van der Waals surface area contributed by atoms with Crippen LogP contribution >= 0.6 is 0 Å². The van der Waals surface area contributed by atoms with E-state index in [1.807, 2.05) is 29.2 Å². The Morgan fingerprint density at radius 3 is 2.68 bits per heavy atom. The van der Waals surface area contributed by atoms with Crippen molar-refractivity contribution in [1.29, 1.82) is 5.26 Å². The van der Waals surface area contributed by atoms with Gasteiger partial charge in [-0.1, -0.05) is 0 Å². The van der Waals surface area contributed by atoms with E-state index in [1.54, 1.807) is 18.6 Å². The number of H-pyrrole nitrogens is 1. The fourth-order valence-electron chi connectivity index (χ4n) is 3.03. The van der Waals surface area contributed by atoms with Gasteiger partial charge in [0.05, 0.1) is 22.9 Å². The number of benzene rings is 1. The fraction of sp³-hybridized carbons (Fsp3) is 0.222. The summed E-state index contributed by atoms with van der Waals surface area (Å²) < 4.78 is 0. The van der Waals surface area contributed by atoms with E-state index in [1.165, 1.54) is 0 Å². The van der Waals surface area contributed by atoms with Crippen molar-refractivity contribution in [1.82, 2.24) is 19.9 Å². The summed E-state index contributed by atoms with van der Waals surface area (Å²) in [4.78, 5) is 28.2. The maximum absolute atomic E-state index is 12.7. The molecular weight excluding hydrogens is 316 g/mol. The van der Waals surface area contributed by atoms with Gasteiger partial charge in [0.2, 0.25) is 0 Å². The highest BCUT2D eigenvalue weighted by atomic mass is 16.2. The van der Waals surface area contributed by atoms with Crippen LogP contribution in [0.4, 0.5) is 5.82 Å². The van der Waals surface area contributed by atoms with Crippen LogP contribution in [0.25, 0.3) is 11.0 Å². The number of aromatic amines is 1. The van der Waals surface area contributed by atoms with E-state index >= 15 is 0 Å². The number of amides is 1. The number of hydrogen-bond donors (Lipinski definition) is 1. The molecule has 7 heteroatoms. The number of piperazine rings is 1. The van der Waals surface area contributed by atoms with Crippen LogP contribution in [0.1, 0.15) is 15.9 Å². The average Bonchev–Trinajstić information content (AvgIpc) is 3.15. The first-order chi connectivity index (χ1) is 12.2. The number of carbonyl (C=O) groups is 1. The number of anilines is 1. The van der Waals surface area contributed by atoms with Gasteiger partial charge < -0.3 is 14.8 Å². The maximum Gasteiger partial charge on any atom is 0.254 e. The van der Waals surface area contributed by atoms with Crippen molar-refractivity contribution in [3.63, 3.8) is 0 Å². The third kappa shape index (κ3) is 2.90. The molecule has 1 aromatic carbocycles. The second-order valence-corrected chi connectivity index (χ2v) is 5.93. The van der Waals surface area contributed by atoms with Gasteiger partial charge in [0.25, 0.3) is 5.91 Å². The van der Waals surface area contributed by atoms with E-state index in [0.717, 1.165) is 29.9 Å². The lowest BCUT2D eigenvalue weighted by Crippen LogP contribution is -2.49. The van der Waals surface area contributed by atoms with Crippen molar-refractivity contribution in [2.45, 2.75) is 0 Å². The highest BCUT2D eigenvalue weighted by Gasteiger charge is 2.23. The Hall–Kier alpha value is -3.40. The topological polar surface area (TPSA) is 88.9 Å². The summed E-state index contributed by atoms with van der Waals surface area (Å²) in [7, 11) is 0. The summed E-state index contributed by atoms with van der Waals surface area (Å²) in [5, 5.41) is 8.84. The fourth-order valence-corrected chi connectivity index (χ4v) is 3.03. The number of fused-ring (bicyclic) bond motifs is 1. The molecule has 124 valence electrons. The van der Waals surface area contributed by atoms with Gasteiger partial charge in [-0.2, -0.15) is 5.26 Å². The number of imidazole rings is 1. The second kappa shape index (κ2) is 6.24. The van der Waals surface area contributed by atoms with Crippen LogP contribution in [0.5, 0.6) is 0 Å². The number of nitrogens with one attached hydrogen (secondary N) is 1. The molecule has 0 bridgehead atoms. The summed E-state index contributed by atoms with van der Waals surface area (Å²) in [6.45, 7) is 2.72. The Morgan fingerprint density at radius 1 is 1.12 bits per heavy atom. The lowest BCUT2D eigenvalue weighted by molar-refractivity contribution is 0.0746. The molecule has 2 aromatic heterocycles. The highest BCUT2D eigenvalue weighted by Crippen LogP contribution is 2.17. The third-order valence-electron chi connectivity index (χ3n) is 4.44. The SMILES string of the molecule is N#Cc1ccc(N2CCN(C(=O)c3ccc4nc[nH]c4c3)CC2)nc1. The maximum atomic E-state index is 12.7. The molecule has 1 aliphatic heterocycles. The minimum Gasteiger partial charge on any atom is -0.353 e. The number of carbonyl (C=O) groups excluding carboxylic acids is 1. The van der Waals surface area contributed by atoms with Gasteiger partial charge in [-0.25, -0.2) is 9.97 Å². The van der Waals surface area contributed by atoms with E-state index in [2.05, 4.69) is 25.9 Å². The Kier molecular flexibility index (Phi) is 3.78.